The second kappa shape index (κ2) is 15.0. The van der Waals surface area contributed by atoms with Gasteiger partial charge in [-0.15, -0.1) is 0 Å². The molecule has 0 amide bonds. The van der Waals surface area contributed by atoms with Gasteiger partial charge >= 0.3 is 0 Å². The maximum atomic E-state index is 10.1. The van der Waals surface area contributed by atoms with Crippen LogP contribution in [0.3, 0.4) is 0 Å². The lowest BCUT2D eigenvalue weighted by Crippen LogP contribution is -1.98. The van der Waals surface area contributed by atoms with Crippen molar-refractivity contribution in [3.8, 4) is 5.75 Å². The van der Waals surface area contributed by atoms with Gasteiger partial charge in [-0.3, -0.25) is 0 Å². The number of hydrogen-bond acceptors (Lipinski definition) is 3. The lowest BCUT2D eigenvalue weighted by Gasteiger charge is -2.08. The molecule has 0 bridgehead atoms. The molecule has 0 heterocycles. The number of carbonyl (C=O) groups excluding carboxylic acids is 1. The minimum absolute atomic E-state index is 0.491. The third kappa shape index (κ3) is 11.0. The van der Waals surface area contributed by atoms with Crippen molar-refractivity contribution in [3.63, 3.8) is 0 Å². The molecule has 24 heavy (non-hydrogen) atoms. The standard InChI is InChI=1S/C21H33NO2/c1-2-3-4-5-6-7-8-9-10-11-17-24-21-14-12-13-20(18-21)15-16-22-19-23/h12-14,18H,2-11,15-17H2,1H3. The molecule has 0 aliphatic rings. The van der Waals surface area contributed by atoms with Gasteiger partial charge < -0.3 is 4.74 Å². The van der Waals surface area contributed by atoms with Crippen molar-refractivity contribution < 1.29 is 9.53 Å². The maximum absolute atomic E-state index is 10.1. The molecule has 1 aromatic carbocycles. The Morgan fingerprint density at radius 3 is 2.29 bits per heavy atom. The van der Waals surface area contributed by atoms with Crippen LogP contribution in [0.4, 0.5) is 0 Å². The Morgan fingerprint density at radius 1 is 0.958 bits per heavy atom. The molecule has 0 aliphatic carbocycles. The predicted octanol–water partition coefficient (Wildman–Crippen LogP) is 5.86. The van der Waals surface area contributed by atoms with E-state index in [0.717, 1.165) is 30.8 Å². The highest BCUT2D eigenvalue weighted by Crippen LogP contribution is 2.15. The van der Waals surface area contributed by atoms with Gasteiger partial charge in [0.2, 0.25) is 6.08 Å². The maximum Gasteiger partial charge on any atom is 0.234 e. The third-order valence-electron chi connectivity index (χ3n) is 4.24. The van der Waals surface area contributed by atoms with Crippen LogP contribution in [0.2, 0.25) is 0 Å². The van der Waals surface area contributed by atoms with Crippen molar-refractivity contribution in [2.24, 2.45) is 4.99 Å². The van der Waals surface area contributed by atoms with Gasteiger partial charge in [0, 0.05) is 0 Å². The van der Waals surface area contributed by atoms with Crippen molar-refractivity contribution >= 4 is 6.08 Å². The van der Waals surface area contributed by atoms with Gasteiger partial charge in [0.15, 0.2) is 0 Å². The lowest BCUT2D eigenvalue weighted by molar-refractivity contribution is 0.304. The van der Waals surface area contributed by atoms with E-state index in [0.29, 0.717) is 6.54 Å². The molecule has 0 atom stereocenters. The summed E-state index contributed by atoms with van der Waals surface area (Å²) in [5.74, 6) is 0.915. The molecule has 0 aliphatic heterocycles. The largest absolute Gasteiger partial charge is 0.494 e. The summed E-state index contributed by atoms with van der Waals surface area (Å²) in [6, 6.07) is 8.06. The van der Waals surface area contributed by atoms with E-state index < -0.39 is 0 Å². The van der Waals surface area contributed by atoms with Crippen LogP contribution in [0, 0.1) is 0 Å². The summed E-state index contributed by atoms with van der Waals surface area (Å²) in [6.07, 6.45) is 15.7. The first-order valence-electron chi connectivity index (χ1n) is 9.62. The van der Waals surface area contributed by atoms with E-state index >= 15 is 0 Å². The Morgan fingerprint density at radius 2 is 1.62 bits per heavy atom. The van der Waals surface area contributed by atoms with Crippen molar-refractivity contribution in [1.82, 2.24) is 0 Å². The zero-order valence-corrected chi connectivity index (χ0v) is 15.3. The van der Waals surface area contributed by atoms with E-state index in [9.17, 15) is 4.79 Å². The highest BCUT2D eigenvalue weighted by atomic mass is 16.5. The monoisotopic (exact) mass is 331 g/mol. The van der Waals surface area contributed by atoms with E-state index in [-0.39, 0.29) is 0 Å². The fraction of sp³-hybridized carbons (Fsp3) is 0.667. The van der Waals surface area contributed by atoms with E-state index in [2.05, 4.69) is 11.9 Å². The van der Waals surface area contributed by atoms with Crippen molar-refractivity contribution in [2.75, 3.05) is 13.2 Å². The normalized spacial score (nSPS) is 10.4. The van der Waals surface area contributed by atoms with Crippen LogP contribution in [-0.4, -0.2) is 19.2 Å². The highest BCUT2D eigenvalue weighted by Gasteiger charge is 1.98. The second-order valence-electron chi connectivity index (χ2n) is 6.40. The molecule has 1 rings (SSSR count). The topological polar surface area (TPSA) is 38.7 Å². The van der Waals surface area contributed by atoms with Gasteiger partial charge in [-0.05, 0) is 30.5 Å². The Bertz CT molecular complexity index is 467. The molecule has 0 saturated heterocycles. The molecule has 0 fully saturated rings. The number of ether oxygens (including phenoxy) is 1. The molecule has 1 aromatic rings. The molecular formula is C21H33NO2. The summed E-state index contributed by atoms with van der Waals surface area (Å²) >= 11 is 0. The fourth-order valence-corrected chi connectivity index (χ4v) is 2.80. The minimum Gasteiger partial charge on any atom is -0.494 e. The molecule has 0 saturated carbocycles. The zero-order chi connectivity index (χ0) is 17.3. The van der Waals surface area contributed by atoms with E-state index in [1.165, 1.54) is 57.8 Å². The Labute approximate surface area is 147 Å². The van der Waals surface area contributed by atoms with Crippen LogP contribution >= 0.6 is 0 Å². The van der Waals surface area contributed by atoms with Crippen LogP contribution in [0.25, 0.3) is 0 Å². The Hall–Kier alpha value is -1.60. The summed E-state index contributed by atoms with van der Waals surface area (Å²) in [4.78, 5) is 13.7. The molecule has 0 unspecified atom stereocenters. The average molecular weight is 332 g/mol. The number of benzene rings is 1. The molecule has 0 radical (unpaired) electrons. The summed E-state index contributed by atoms with van der Waals surface area (Å²) in [6.45, 7) is 3.54. The van der Waals surface area contributed by atoms with Crippen molar-refractivity contribution in [2.45, 2.75) is 77.6 Å². The number of aliphatic imine (C=N–C) groups is 1. The first-order valence-corrected chi connectivity index (χ1v) is 9.62. The summed E-state index contributed by atoms with van der Waals surface area (Å²) < 4.78 is 5.82. The van der Waals surface area contributed by atoms with Gasteiger partial charge in [-0.25, -0.2) is 9.79 Å². The molecule has 3 heteroatoms. The van der Waals surface area contributed by atoms with Crippen LogP contribution in [0.15, 0.2) is 29.3 Å². The number of hydrogen-bond donors (Lipinski definition) is 0. The summed E-state index contributed by atoms with van der Waals surface area (Å²) in [5, 5.41) is 0. The minimum atomic E-state index is 0.491. The van der Waals surface area contributed by atoms with Gasteiger partial charge in [-0.1, -0.05) is 76.8 Å². The first-order chi connectivity index (χ1) is 11.9. The third-order valence-corrected chi connectivity index (χ3v) is 4.24. The predicted molar refractivity (Wildman–Crippen MR) is 100 cm³/mol. The summed E-state index contributed by atoms with van der Waals surface area (Å²) in [5.41, 5.74) is 1.15. The average Bonchev–Trinajstić information content (AvgIpc) is 2.60. The van der Waals surface area contributed by atoms with Gasteiger partial charge in [0.05, 0.1) is 13.2 Å². The highest BCUT2D eigenvalue weighted by molar-refractivity contribution is 5.33. The van der Waals surface area contributed by atoms with Crippen LogP contribution < -0.4 is 4.74 Å². The molecule has 0 aromatic heterocycles. The van der Waals surface area contributed by atoms with Crippen molar-refractivity contribution in [3.05, 3.63) is 29.8 Å². The fourth-order valence-electron chi connectivity index (χ4n) is 2.80. The molecular weight excluding hydrogens is 298 g/mol. The number of nitrogens with zero attached hydrogens (tertiary/aromatic N) is 1. The second-order valence-corrected chi connectivity index (χ2v) is 6.40. The van der Waals surface area contributed by atoms with Crippen LogP contribution in [0.5, 0.6) is 5.75 Å². The number of rotatable bonds is 15. The van der Waals surface area contributed by atoms with Gasteiger partial charge in [-0.2, -0.15) is 0 Å². The number of unbranched alkanes of at least 4 members (excludes halogenated alkanes) is 9. The SMILES string of the molecule is CCCCCCCCCCCCOc1cccc(CCN=C=O)c1. The molecule has 0 spiro atoms. The summed E-state index contributed by atoms with van der Waals surface area (Å²) in [7, 11) is 0. The molecule has 3 nitrogen and oxygen atoms in total. The van der Waals surface area contributed by atoms with Crippen LogP contribution in [-0.2, 0) is 11.2 Å². The quantitative estimate of drug-likeness (QED) is 0.229. The molecule has 134 valence electrons. The van der Waals surface area contributed by atoms with E-state index in [4.69, 9.17) is 4.74 Å². The first kappa shape index (κ1) is 20.4. The van der Waals surface area contributed by atoms with Gasteiger partial charge in [0.1, 0.15) is 5.75 Å². The van der Waals surface area contributed by atoms with Crippen LogP contribution in [0.1, 0.15) is 76.7 Å². The molecule has 0 N–H and O–H groups in total. The van der Waals surface area contributed by atoms with E-state index in [1.807, 2.05) is 24.3 Å². The number of isocyanates is 1. The Kier molecular flexibility index (Phi) is 12.7. The smallest absolute Gasteiger partial charge is 0.234 e. The van der Waals surface area contributed by atoms with Crippen molar-refractivity contribution in [1.29, 1.82) is 0 Å². The lowest BCUT2D eigenvalue weighted by atomic mass is 10.1. The van der Waals surface area contributed by atoms with Gasteiger partial charge in [0.25, 0.3) is 0 Å². The van der Waals surface area contributed by atoms with E-state index in [1.54, 1.807) is 6.08 Å². The Balaban J connectivity index is 2.01. The zero-order valence-electron chi connectivity index (χ0n) is 15.3.